The minimum absolute atomic E-state index is 0.751. The average Bonchev–Trinajstić information content (AvgIpc) is 3.05. The van der Waals surface area contributed by atoms with Crippen molar-refractivity contribution < 1.29 is 0 Å². The van der Waals surface area contributed by atoms with Gasteiger partial charge in [-0.1, -0.05) is 55.5 Å². The summed E-state index contributed by atoms with van der Waals surface area (Å²) in [6.45, 7) is 6.28. The number of aromatic nitrogens is 2. The predicted molar refractivity (Wildman–Crippen MR) is 110 cm³/mol. The summed E-state index contributed by atoms with van der Waals surface area (Å²) < 4.78 is 2.00. The summed E-state index contributed by atoms with van der Waals surface area (Å²) in [5.74, 6) is 0.751. The van der Waals surface area contributed by atoms with Crippen LogP contribution < -0.4 is 0 Å². The van der Waals surface area contributed by atoms with Crippen LogP contribution in [0.4, 0.5) is 11.5 Å². The standard InChI is InChI=1S/C23H22N4/c1-4-18-12-8-9-17(3)21(18)25-26-23-22(19-10-6-5-7-11-19)24-20-15-16(2)13-14-27(20)23/h5-15H,4H2,1-3H3. The van der Waals surface area contributed by atoms with Gasteiger partial charge < -0.3 is 0 Å². The molecule has 0 radical (unpaired) electrons. The zero-order chi connectivity index (χ0) is 18.8. The van der Waals surface area contributed by atoms with Crippen molar-refractivity contribution in [3.05, 3.63) is 83.6 Å². The highest BCUT2D eigenvalue weighted by atomic mass is 15.2. The van der Waals surface area contributed by atoms with Gasteiger partial charge in [0.25, 0.3) is 0 Å². The summed E-state index contributed by atoms with van der Waals surface area (Å²) in [6, 6.07) is 20.5. The molecule has 0 N–H and O–H groups in total. The zero-order valence-corrected chi connectivity index (χ0v) is 15.8. The Hall–Kier alpha value is -3.27. The Balaban J connectivity index is 1.91. The molecule has 4 heteroatoms. The van der Waals surface area contributed by atoms with Crippen LogP contribution in [0.5, 0.6) is 0 Å². The van der Waals surface area contributed by atoms with Crippen LogP contribution in [-0.2, 0) is 6.42 Å². The Morgan fingerprint density at radius 2 is 1.74 bits per heavy atom. The van der Waals surface area contributed by atoms with Gasteiger partial charge in [-0.2, -0.15) is 0 Å². The third-order valence-corrected chi connectivity index (χ3v) is 4.75. The lowest BCUT2D eigenvalue weighted by atomic mass is 10.1. The second-order valence-electron chi connectivity index (χ2n) is 6.72. The number of benzene rings is 2. The smallest absolute Gasteiger partial charge is 0.187 e. The quantitative estimate of drug-likeness (QED) is 0.381. The monoisotopic (exact) mass is 354 g/mol. The van der Waals surface area contributed by atoms with Crippen molar-refractivity contribution in [2.45, 2.75) is 27.2 Å². The van der Waals surface area contributed by atoms with Crippen molar-refractivity contribution in [3.8, 4) is 11.3 Å². The van der Waals surface area contributed by atoms with Crippen LogP contribution in [0.3, 0.4) is 0 Å². The van der Waals surface area contributed by atoms with Gasteiger partial charge in [-0.3, -0.25) is 4.40 Å². The summed E-state index contributed by atoms with van der Waals surface area (Å²) in [4.78, 5) is 4.83. The molecule has 4 aromatic rings. The second kappa shape index (κ2) is 7.16. The summed E-state index contributed by atoms with van der Waals surface area (Å²) in [5, 5.41) is 9.31. The molecular formula is C23H22N4. The van der Waals surface area contributed by atoms with Gasteiger partial charge in [0.2, 0.25) is 0 Å². The summed E-state index contributed by atoms with van der Waals surface area (Å²) in [6.07, 6.45) is 2.94. The first-order valence-corrected chi connectivity index (χ1v) is 9.21. The third kappa shape index (κ3) is 3.26. The molecule has 4 rings (SSSR count). The van der Waals surface area contributed by atoms with Crippen LogP contribution in [0.15, 0.2) is 77.1 Å². The van der Waals surface area contributed by atoms with E-state index in [1.54, 1.807) is 0 Å². The molecule has 0 saturated heterocycles. The third-order valence-electron chi connectivity index (χ3n) is 4.75. The Morgan fingerprint density at radius 1 is 0.926 bits per heavy atom. The SMILES string of the molecule is CCc1cccc(C)c1N=Nc1c(-c2ccccc2)nc2cc(C)ccn12. The highest BCUT2D eigenvalue weighted by Crippen LogP contribution is 2.33. The van der Waals surface area contributed by atoms with E-state index in [4.69, 9.17) is 4.98 Å². The molecule has 0 aliphatic heterocycles. The number of fused-ring (bicyclic) bond motifs is 1. The van der Waals surface area contributed by atoms with Gasteiger partial charge in [0.15, 0.2) is 5.82 Å². The summed E-state index contributed by atoms with van der Waals surface area (Å²) in [5.41, 5.74) is 7.20. The second-order valence-corrected chi connectivity index (χ2v) is 6.72. The maximum atomic E-state index is 4.83. The summed E-state index contributed by atoms with van der Waals surface area (Å²) in [7, 11) is 0. The molecule has 0 aliphatic carbocycles. The van der Waals surface area contributed by atoms with E-state index in [-0.39, 0.29) is 0 Å². The van der Waals surface area contributed by atoms with Gasteiger partial charge in [-0.25, -0.2) is 4.98 Å². The minimum atomic E-state index is 0.751. The van der Waals surface area contributed by atoms with Crippen molar-refractivity contribution in [2.75, 3.05) is 0 Å². The molecule has 0 saturated carbocycles. The van der Waals surface area contributed by atoms with Gasteiger partial charge >= 0.3 is 0 Å². The first-order chi connectivity index (χ1) is 13.2. The maximum Gasteiger partial charge on any atom is 0.187 e. The molecule has 0 aliphatic rings. The van der Waals surface area contributed by atoms with E-state index in [9.17, 15) is 0 Å². The number of pyridine rings is 1. The number of rotatable bonds is 4. The van der Waals surface area contributed by atoms with Gasteiger partial charge in [0.1, 0.15) is 11.3 Å². The van der Waals surface area contributed by atoms with Crippen molar-refractivity contribution in [1.82, 2.24) is 9.38 Å². The molecule has 134 valence electrons. The van der Waals surface area contributed by atoms with E-state index >= 15 is 0 Å². The molecule has 0 unspecified atom stereocenters. The van der Waals surface area contributed by atoms with Crippen LogP contribution in [0.25, 0.3) is 16.9 Å². The van der Waals surface area contributed by atoms with Crippen LogP contribution in [0.2, 0.25) is 0 Å². The van der Waals surface area contributed by atoms with Crippen LogP contribution in [0.1, 0.15) is 23.6 Å². The predicted octanol–water partition coefficient (Wildman–Crippen LogP) is 6.60. The fraction of sp³-hybridized carbons (Fsp3) is 0.174. The maximum absolute atomic E-state index is 4.83. The molecule has 0 atom stereocenters. The van der Waals surface area contributed by atoms with E-state index in [1.807, 2.05) is 28.8 Å². The van der Waals surface area contributed by atoms with E-state index in [2.05, 4.69) is 73.5 Å². The average molecular weight is 354 g/mol. The number of hydrogen-bond donors (Lipinski definition) is 0. The highest BCUT2D eigenvalue weighted by Gasteiger charge is 2.14. The number of hydrogen-bond acceptors (Lipinski definition) is 3. The first kappa shape index (κ1) is 17.2. The molecule has 4 nitrogen and oxygen atoms in total. The summed E-state index contributed by atoms with van der Waals surface area (Å²) >= 11 is 0. The number of imidazole rings is 1. The number of nitrogens with zero attached hydrogens (tertiary/aromatic N) is 4. The van der Waals surface area contributed by atoms with Crippen LogP contribution >= 0.6 is 0 Å². The van der Waals surface area contributed by atoms with E-state index in [0.717, 1.165) is 40.4 Å². The van der Waals surface area contributed by atoms with Crippen molar-refractivity contribution >= 4 is 17.2 Å². The Bertz CT molecular complexity index is 1120. The molecule has 27 heavy (non-hydrogen) atoms. The van der Waals surface area contributed by atoms with Gasteiger partial charge in [-0.15, -0.1) is 10.2 Å². The molecule has 2 aromatic carbocycles. The van der Waals surface area contributed by atoms with E-state index < -0.39 is 0 Å². The topological polar surface area (TPSA) is 42.0 Å². The number of azo groups is 1. The minimum Gasteiger partial charge on any atom is -0.283 e. The molecule has 2 aromatic heterocycles. The molecule has 0 spiro atoms. The van der Waals surface area contributed by atoms with E-state index in [0.29, 0.717) is 0 Å². The fourth-order valence-corrected chi connectivity index (χ4v) is 3.26. The lowest BCUT2D eigenvalue weighted by molar-refractivity contribution is 1.06. The Morgan fingerprint density at radius 3 is 2.52 bits per heavy atom. The number of aryl methyl sites for hydroxylation is 3. The first-order valence-electron chi connectivity index (χ1n) is 9.21. The molecule has 0 bridgehead atoms. The van der Waals surface area contributed by atoms with Gasteiger partial charge in [0.05, 0.1) is 5.69 Å². The zero-order valence-electron chi connectivity index (χ0n) is 15.8. The van der Waals surface area contributed by atoms with Crippen LogP contribution in [-0.4, -0.2) is 9.38 Å². The lowest BCUT2D eigenvalue weighted by Gasteiger charge is -2.05. The van der Waals surface area contributed by atoms with Gasteiger partial charge in [0, 0.05) is 11.8 Å². The van der Waals surface area contributed by atoms with Crippen molar-refractivity contribution in [2.24, 2.45) is 10.2 Å². The molecule has 2 heterocycles. The molecule has 0 amide bonds. The fourth-order valence-electron chi connectivity index (χ4n) is 3.26. The lowest BCUT2D eigenvalue weighted by Crippen LogP contribution is -1.86. The van der Waals surface area contributed by atoms with Crippen molar-refractivity contribution in [3.63, 3.8) is 0 Å². The molecular weight excluding hydrogens is 332 g/mol. The normalized spacial score (nSPS) is 11.5. The largest absolute Gasteiger partial charge is 0.283 e. The molecule has 0 fully saturated rings. The van der Waals surface area contributed by atoms with Crippen LogP contribution in [0, 0.1) is 13.8 Å². The van der Waals surface area contributed by atoms with Gasteiger partial charge in [-0.05, 0) is 49.1 Å². The van der Waals surface area contributed by atoms with E-state index in [1.165, 1.54) is 11.1 Å². The van der Waals surface area contributed by atoms with Crippen molar-refractivity contribution in [1.29, 1.82) is 0 Å². The Labute approximate surface area is 159 Å². The highest BCUT2D eigenvalue weighted by molar-refractivity contribution is 5.74. The Kier molecular flexibility index (Phi) is 4.55.